The Balaban J connectivity index is 1.83. The van der Waals surface area contributed by atoms with Gasteiger partial charge in [-0.25, -0.2) is 0 Å². The fourth-order valence-corrected chi connectivity index (χ4v) is 2.91. The van der Waals surface area contributed by atoms with Crippen molar-refractivity contribution >= 4 is 0 Å². The lowest BCUT2D eigenvalue weighted by Crippen LogP contribution is -2.31. The van der Waals surface area contributed by atoms with Gasteiger partial charge in [0.05, 0.1) is 12.8 Å². The molecule has 4 heteroatoms. The molecule has 4 nitrogen and oxygen atoms in total. The maximum atomic E-state index is 5.37. The zero-order valence-electron chi connectivity index (χ0n) is 13.0. The van der Waals surface area contributed by atoms with Gasteiger partial charge in [0.25, 0.3) is 0 Å². The minimum atomic E-state index is 0.319. The van der Waals surface area contributed by atoms with E-state index < -0.39 is 0 Å². The molecule has 1 unspecified atom stereocenters. The predicted octanol–water partition coefficient (Wildman–Crippen LogP) is 2.90. The van der Waals surface area contributed by atoms with Crippen molar-refractivity contribution in [2.45, 2.75) is 38.8 Å². The average Bonchev–Trinajstić information content (AvgIpc) is 2.96. The third-order valence-electron chi connectivity index (χ3n) is 4.12. The van der Waals surface area contributed by atoms with Crippen LogP contribution in [0.4, 0.5) is 0 Å². The average molecular weight is 285 g/mol. The lowest BCUT2D eigenvalue weighted by atomic mass is 9.91. The van der Waals surface area contributed by atoms with E-state index in [2.05, 4.69) is 54.7 Å². The van der Waals surface area contributed by atoms with E-state index in [1.807, 2.05) is 4.68 Å². The molecule has 1 aliphatic rings. The van der Waals surface area contributed by atoms with Gasteiger partial charge in [0.1, 0.15) is 5.75 Å². The summed E-state index contributed by atoms with van der Waals surface area (Å²) >= 11 is 0. The highest BCUT2D eigenvalue weighted by Crippen LogP contribution is 2.29. The van der Waals surface area contributed by atoms with Crippen LogP contribution in [0.5, 0.6) is 5.75 Å². The van der Waals surface area contributed by atoms with Gasteiger partial charge in [-0.15, -0.1) is 0 Å². The number of ether oxygens (including phenoxy) is 1. The van der Waals surface area contributed by atoms with Crippen LogP contribution in [0, 0.1) is 0 Å². The topological polar surface area (TPSA) is 39.1 Å². The van der Waals surface area contributed by atoms with Crippen molar-refractivity contribution in [2.75, 3.05) is 13.7 Å². The van der Waals surface area contributed by atoms with E-state index in [0.29, 0.717) is 12.1 Å². The van der Waals surface area contributed by atoms with E-state index in [0.717, 1.165) is 30.8 Å². The maximum Gasteiger partial charge on any atom is 0.119 e. The van der Waals surface area contributed by atoms with Crippen LogP contribution in [0.25, 0.3) is 0 Å². The van der Waals surface area contributed by atoms with Crippen molar-refractivity contribution in [1.82, 2.24) is 15.1 Å². The van der Waals surface area contributed by atoms with Crippen molar-refractivity contribution < 1.29 is 4.74 Å². The largest absolute Gasteiger partial charge is 0.497 e. The van der Waals surface area contributed by atoms with Crippen LogP contribution in [0.1, 0.15) is 42.8 Å². The number of fused-ring (bicyclic) bond motifs is 1. The van der Waals surface area contributed by atoms with E-state index in [4.69, 9.17) is 4.74 Å². The summed E-state index contributed by atoms with van der Waals surface area (Å²) in [5, 5.41) is 8.27. The number of aromatic nitrogens is 2. The van der Waals surface area contributed by atoms with E-state index in [1.54, 1.807) is 7.11 Å². The summed E-state index contributed by atoms with van der Waals surface area (Å²) in [6.07, 6.45) is 4.06. The van der Waals surface area contributed by atoms with Gasteiger partial charge in [-0.3, -0.25) is 4.68 Å². The third kappa shape index (κ3) is 2.95. The zero-order valence-corrected chi connectivity index (χ0v) is 13.0. The van der Waals surface area contributed by atoms with Crippen molar-refractivity contribution in [3.05, 3.63) is 47.3 Å². The van der Waals surface area contributed by atoms with Crippen molar-refractivity contribution in [2.24, 2.45) is 0 Å². The summed E-state index contributed by atoms with van der Waals surface area (Å²) in [5.74, 6) is 0.926. The Labute approximate surface area is 126 Å². The summed E-state index contributed by atoms with van der Waals surface area (Å²) in [6, 6.07) is 9.25. The number of hydrogen-bond donors (Lipinski definition) is 1. The molecule has 0 radical (unpaired) electrons. The Morgan fingerprint density at radius 1 is 1.38 bits per heavy atom. The van der Waals surface area contributed by atoms with Crippen LogP contribution in [-0.4, -0.2) is 23.4 Å². The Bertz CT molecular complexity index is 618. The maximum absolute atomic E-state index is 5.37. The number of benzene rings is 1. The molecule has 0 saturated heterocycles. The molecule has 0 spiro atoms. The predicted molar refractivity (Wildman–Crippen MR) is 83.8 cm³/mol. The first-order valence-corrected chi connectivity index (χ1v) is 7.61. The molecular weight excluding hydrogens is 262 g/mol. The lowest BCUT2D eigenvalue weighted by Gasteiger charge is -2.27. The third-order valence-corrected chi connectivity index (χ3v) is 4.12. The molecule has 1 N–H and O–H groups in total. The van der Waals surface area contributed by atoms with Crippen molar-refractivity contribution in [1.29, 1.82) is 0 Å². The summed E-state index contributed by atoms with van der Waals surface area (Å²) in [5.41, 5.74) is 3.90. The summed E-state index contributed by atoms with van der Waals surface area (Å²) in [6.45, 7) is 5.32. The van der Waals surface area contributed by atoms with Gasteiger partial charge in [-0.05, 0) is 56.1 Å². The smallest absolute Gasteiger partial charge is 0.119 e. The standard InChI is InChI=1S/C17H23N3O/c1-12(2)20-9-7-14(19-20)10-17-16-11-15(21-3)5-4-13(16)6-8-18-17/h4-5,7,9,11-12,17-18H,6,8,10H2,1-3H3. The Kier molecular flexibility index (Phi) is 3.97. The van der Waals surface area contributed by atoms with Crippen LogP contribution in [-0.2, 0) is 12.8 Å². The summed E-state index contributed by atoms with van der Waals surface area (Å²) in [7, 11) is 1.72. The van der Waals surface area contributed by atoms with Crippen molar-refractivity contribution in [3.63, 3.8) is 0 Å². The van der Waals surface area contributed by atoms with Gasteiger partial charge in [0.15, 0.2) is 0 Å². The first-order chi connectivity index (χ1) is 10.2. The van der Waals surface area contributed by atoms with Crippen LogP contribution in [0.3, 0.4) is 0 Å². The van der Waals surface area contributed by atoms with E-state index in [9.17, 15) is 0 Å². The molecule has 0 saturated carbocycles. The van der Waals surface area contributed by atoms with Gasteiger partial charge >= 0.3 is 0 Å². The highest BCUT2D eigenvalue weighted by molar-refractivity contribution is 5.39. The molecule has 1 atom stereocenters. The highest BCUT2D eigenvalue weighted by Gasteiger charge is 2.21. The molecule has 112 valence electrons. The highest BCUT2D eigenvalue weighted by atomic mass is 16.5. The SMILES string of the molecule is COc1ccc2c(c1)C(Cc1ccn(C(C)C)n1)NCC2. The normalized spacial score (nSPS) is 17.8. The van der Waals surface area contributed by atoms with Gasteiger partial charge in [0.2, 0.25) is 0 Å². The van der Waals surface area contributed by atoms with E-state index in [1.165, 1.54) is 11.1 Å². The molecule has 0 bridgehead atoms. The van der Waals surface area contributed by atoms with E-state index >= 15 is 0 Å². The molecule has 2 heterocycles. The molecular formula is C17H23N3O. The second-order valence-corrected chi connectivity index (χ2v) is 5.91. The minimum Gasteiger partial charge on any atom is -0.497 e. The first kappa shape index (κ1) is 14.1. The molecule has 2 aromatic rings. The second-order valence-electron chi connectivity index (χ2n) is 5.91. The van der Waals surface area contributed by atoms with Crippen LogP contribution >= 0.6 is 0 Å². The summed E-state index contributed by atoms with van der Waals surface area (Å²) < 4.78 is 7.39. The quantitative estimate of drug-likeness (QED) is 0.939. The van der Waals surface area contributed by atoms with Gasteiger partial charge in [-0.1, -0.05) is 6.07 Å². The van der Waals surface area contributed by atoms with Gasteiger partial charge in [-0.2, -0.15) is 5.10 Å². The second kappa shape index (κ2) is 5.90. The molecule has 1 aromatic heterocycles. The molecule has 1 aromatic carbocycles. The van der Waals surface area contributed by atoms with Crippen LogP contribution < -0.4 is 10.1 Å². The monoisotopic (exact) mass is 285 g/mol. The Hall–Kier alpha value is -1.81. The lowest BCUT2D eigenvalue weighted by molar-refractivity contribution is 0.410. The molecule has 0 aliphatic carbocycles. The van der Waals surface area contributed by atoms with Gasteiger partial charge in [0, 0.05) is 24.7 Å². The first-order valence-electron chi connectivity index (χ1n) is 7.61. The molecule has 0 fully saturated rings. The van der Waals surface area contributed by atoms with Crippen LogP contribution in [0.15, 0.2) is 30.5 Å². The van der Waals surface area contributed by atoms with Crippen LogP contribution in [0.2, 0.25) is 0 Å². The molecule has 21 heavy (non-hydrogen) atoms. The zero-order chi connectivity index (χ0) is 14.8. The van der Waals surface area contributed by atoms with E-state index in [-0.39, 0.29) is 0 Å². The fourth-order valence-electron chi connectivity index (χ4n) is 2.91. The molecule has 1 aliphatic heterocycles. The molecule has 0 amide bonds. The number of methoxy groups -OCH3 is 1. The number of rotatable bonds is 4. The summed E-state index contributed by atoms with van der Waals surface area (Å²) in [4.78, 5) is 0. The Morgan fingerprint density at radius 3 is 2.95 bits per heavy atom. The minimum absolute atomic E-state index is 0.319. The molecule has 3 rings (SSSR count). The number of hydrogen-bond acceptors (Lipinski definition) is 3. The number of nitrogens with one attached hydrogen (secondary N) is 1. The fraction of sp³-hybridized carbons (Fsp3) is 0.471. The Morgan fingerprint density at radius 2 is 2.24 bits per heavy atom. The number of nitrogens with zero attached hydrogens (tertiary/aromatic N) is 2. The van der Waals surface area contributed by atoms with Crippen molar-refractivity contribution in [3.8, 4) is 5.75 Å². The van der Waals surface area contributed by atoms with Gasteiger partial charge < -0.3 is 10.1 Å².